The predicted molar refractivity (Wildman–Crippen MR) is 369 cm³/mol. The van der Waals surface area contributed by atoms with E-state index in [0.717, 1.165) is 53.8 Å². The Morgan fingerprint density at radius 3 is 1.28 bits per heavy atom. The highest BCUT2D eigenvalue weighted by Crippen LogP contribution is 2.41. The van der Waals surface area contributed by atoms with Crippen LogP contribution in [-0.2, 0) is 63.8 Å². The van der Waals surface area contributed by atoms with Crippen LogP contribution in [0.15, 0.2) is 161 Å². The van der Waals surface area contributed by atoms with Crippen LogP contribution < -0.4 is 4.74 Å². The first-order chi connectivity index (χ1) is 46.2. The second kappa shape index (κ2) is 38.3. The number of amides is 3. The summed E-state index contributed by atoms with van der Waals surface area (Å²) in [6.07, 6.45) is 7.37. The maximum Gasteiger partial charge on any atom is 0.336 e. The summed E-state index contributed by atoms with van der Waals surface area (Å²) in [5.74, 6) is -1.82. The molecule has 96 heavy (non-hydrogen) atoms. The van der Waals surface area contributed by atoms with E-state index in [1.807, 2.05) is 69.6 Å². The Morgan fingerprint density at radius 2 is 0.885 bits per heavy atom. The number of nitrogens with zero attached hydrogens (tertiary/aromatic N) is 4. The number of carbonyl (C=O) groups is 7. The van der Waals surface area contributed by atoms with E-state index in [1.54, 1.807) is 124 Å². The van der Waals surface area contributed by atoms with Gasteiger partial charge in [-0.15, -0.1) is 0 Å². The molecule has 3 amide bonds. The van der Waals surface area contributed by atoms with Crippen molar-refractivity contribution in [2.24, 2.45) is 5.92 Å². The average Bonchev–Trinajstić information content (AvgIpc) is 0.804. The van der Waals surface area contributed by atoms with Crippen LogP contribution in [0.5, 0.6) is 5.75 Å². The first kappa shape index (κ1) is 75.7. The summed E-state index contributed by atoms with van der Waals surface area (Å²) >= 11 is 18.1. The van der Waals surface area contributed by atoms with Crippen LogP contribution in [0.4, 0.5) is 0 Å². The molecule has 0 N–H and O–H groups in total. The van der Waals surface area contributed by atoms with Crippen molar-refractivity contribution < 1.29 is 66.7 Å². The minimum absolute atomic E-state index is 0.0108. The minimum atomic E-state index is -0.614. The fraction of sp³-hybridized carbons (Fsp3) is 0.427. The van der Waals surface area contributed by atoms with Crippen molar-refractivity contribution in [2.75, 3.05) is 101 Å². The number of ether oxygens (including phenoxy) is 7. The smallest absolute Gasteiger partial charge is 0.336 e. The van der Waals surface area contributed by atoms with Crippen molar-refractivity contribution in [1.82, 2.24) is 19.6 Å². The summed E-state index contributed by atoms with van der Waals surface area (Å²) in [7, 11) is 8.80. The molecule has 0 spiro atoms. The normalized spacial score (nSPS) is 17.6. The number of Topliss-reactive ketones (excluding diaryl/α,β-unsaturated/α-hetero) is 1. The molecular weight excluding hydrogens is 1290 g/mol. The van der Waals surface area contributed by atoms with Gasteiger partial charge in [-0.3, -0.25) is 19.2 Å². The lowest BCUT2D eigenvalue weighted by Crippen LogP contribution is -2.40. The number of carbonyl (C=O) groups excluding carboxylic acids is 7. The largest absolute Gasteiger partial charge is 0.494 e. The Balaban J connectivity index is 0.000000204. The van der Waals surface area contributed by atoms with E-state index in [9.17, 15) is 33.6 Å². The van der Waals surface area contributed by atoms with Gasteiger partial charge in [-0.25, -0.2) is 14.4 Å². The SMILES string of the molecule is COCCN1C(=O)CC(c2ccc(Cl)cc2)C(C(=O)OCC(=O)c2ccccc2)=C1C.COCCN1C(=O)CC(c2ccc(Cl)cc2)C(C(=O)OCC2CCCCC2)=C1C.COCCN1C(=O)CC(c2ccc(Cl)cc2)C(C(=O)OCc2ccc(OCCCN(C)C)cc2)=C1C. The Kier molecular flexibility index (Phi) is 30.2. The number of hydrogen-bond donors (Lipinski definition) is 0. The van der Waals surface area contributed by atoms with E-state index < -0.39 is 23.8 Å². The molecule has 514 valence electrons. The molecule has 5 aromatic rings. The number of hydrogen-bond acceptors (Lipinski definition) is 15. The second-order valence-electron chi connectivity index (χ2n) is 24.2. The number of allylic oxidation sites excluding steroid dienone is 3. The van der Waals surface area contributed by atoms with Crippen LogP contribution in [-0.4, -0.2) is 162 Å². The quantitative estimate of drug-likeness (QED) is 0.0208. The molecule has 3 aliphatic heterocycles. The van der Waals surface area contributed by atoms with E-state index in [0.29, 0.717) is 113 Å². The molecule has 9 rings (SSSR count). The Bertz CT molecular complexity index is 3520. The van der Waals surface area contributed by atoms with Crippen molar-refractivity contribution in [2.45, 2.75) is 103 Å². The van der Waals surface area contributed by atoms with Crippen molar-refractivity contribution in [3.8, 4) is 5.75 Å². The molecule has 18 nitrogen and oxygen atoms in total. The third kappa shape index (κ3) is 21.7. The maximum absolute atomic E-state index is 13.4. The summed E-state index contributed by atoms with van der Waals surface area (Å²) in [6.45, 7) is 9.39. The van der Waals surface area contributed by atoms with E-state index in [4.69, 9.17) is 68.0 Å². The lowest BCUT2D eigenvalue weighted by molar-refractivity contribution is -0.143. The zero-order chi connectivity index (χ0) is 69.3. The standard InChI is InChI=1S/C28H35ClN2O5.C24H24ClNO5.C23H30ClNO4/c1-20-27(25(22-8-10-23(29)11-9-22)18-26(32)31(20)15-17-34-4)28(33)36-19-21-6-12-24(13-7-21)35-16-5-14-30(2)3;1-16-23(24(29)31-15-21(27)18-6-4-3-5-7-18)20(17-8-10-19(25)11-9-17)14-22(28)26(16)12-13-30-2;1-16-22(23(27)29-15-17-6-4-3-5-7-17)20(18-8-10-19(24)11-9-18)14-21(26)25(16)12-13-28-2/h6-13,25H,5,14-19H2,1-4H3;3-11,20H,12-15H2,1-2H3;8-11,17,20H,3-7,12-15H2,1-2H3. The van der Waals surface area contributed by atoms with Gasteiger partial charge in [0, 0.05) is 122 Å². The molecule has 3 atom stereocenters. The van der Waals surface area contributed by atoms with Gasteiger partial charge in [-0.2, -0.15) is 0 Å². The zero-order valence-electron chi connectivity index (χ0n) is 56.2. The van der Waals surface area contributed by atoms with Crippen LogP contribution in [0.3, 0.4) is 0 Å². The number of methoxy groups -OCH3 is 3. The number of halogens is 3. The molecule has 4 aliphatic rings. The average molecular weight is 1380 g/mol. The van der Waals surface area contributed by atoms with Gasteiger partial charge in [0.1, 0.15) is 12.4 Å². The van der Waals surface area contributed by atoms with Gasteiger partial charge in [-0.05, 0) is 131 Å². The molecule has 0 aromatic heterocycles. The monoisotopic (exact) mass is 1370 g/mol. The van der Waals surface area contributed by atoms with Gasteiger partial charge in [0.25, 0.3) is 0 Å². The van der Waals surface area contributed by atoms with Gasteiger partial charge >= 0.3 is 17.9 Å². The predicted octanol–water partition coefficient (Wildman–Crippen LogP) is 13.4. The van der Waals surface area contributed by atoms with Gasteiger partial charge < -0.3 is 52.8 Å². The lowest BCUT2D eigenvalue weighted by Gasteiger charge is -2.34. The third-order valence-corrected chi connectivity index (χ3v) is 18.2. The highest BCUT2D eigenvalue weighted by atomic mass is 35.5. The summed E-state index contributed by atoms with van der Waals surface area (Å²) in [5.41, 5.74) is 7.02. The van der Waals surface area contributed by atoms with Crippen LogP contribution in [0, 0.1) is 5.92 Å². The number of esters is 3. The fourth-order valence-corrected chi connectivity index (χ4v) is 12.5. The Labute approximate surface area is 579 Å². The number of ketones is 1. The van der Waals surface area contributed by atoms with Crippen molar-refractivity contribution in [3.63, 3.8) is 0 Å². The van der Waals surface area contributed by atoms with E-state index in [-0.39, 0.29) is 67.9 Å². The molecule has 21 heteroatoms. The molecule has 0 bridgehead atoms. The molecule has 1 aliphatic carbocycles. The Morgan fingerprint density at radius 1 is 0.490 bits per heavy atom. The summed E-state index contributed by atoms with van der Waals surface area (Å²) < 4.78 is 38.1. The molecule has 0 radical (unpaired) electrons. The zero-order valence-corrected chi connectivity index (χ0v) is 58.5. The van der Waals surface area contributed by atoms with Crippen LogP contribution in [0.25, 0.3) is 0 Å². The first-order valence-electron chi connectivity index (χ1n) is 32.5. The summed E-state index contributed by atoms with van der Waals surface area (Å²) in [4.78, 5) is 97.4. The van der Waals surface area contributed by atoms with E-state index >= 15 is 0 Å². The maximum atomic E-state index is 13.4. The third-order valence-electron chi connectivity index (χ3n) is 17.4. The molecule has 3 heterocycles. The molecule has 5 aromatic carbocycles. The fourth-order valence-electron chi connectivity index (χ4n) is 12.2. The molecule has 1 saturated carbocycles. The van der Waals surface area contributed by atoms with Crippen LogP contribution in [0.1, 0.15) is 129 Å². The second-order valence-corrected chi connectivity index (χ2v) is 25.5. The molecule has 1 fully saturated rings. The topological polar surface area (TPSA) is 197 Å². The number of benzene rings is 5. The molecule has 0 saturated heterocycles. The van der Waals surface area contributed by atoms with Crippen molar-refractivity contribution in [3.05, 3.63) is 204 Å². The van der Waals surface area contributed by atoms with E-state index in [2.05, 4.69) is 4.90 Å². The Hall–Kier alpha value is -7.68. The van der Waals surface area contributed by atoms with Gasteiger partial charge in [-0.1, -0.05) is 133 Å². The lowest BCUT2D eigenvalue weighted by atomic mass is 9.83. The van der Waals surface area contributed by atoms with Crippen molar-refractivity contribution in [1.29, 1.82) is 0 Å². The minimum Gasteiger partial charge on any atom is -0.494 e. The van der Waals surface area contributed by atoms with Crippen LogP contribution in [0.2, 0.25) is 15.1 Å². The highest BCUT2D eigenvalue weighted by molar-refractivity contribution is 6.31. The van der Waals surface area contributed by atoms with Crippen molar-refractivity contribution >= 4 is 76.2 Å². The molecule has 3 unspecified atom stereocenters. The first-order valence-corrected chi connectivity index (χ1v) is 33.6. The number of rotatable bonds is 27. The van der Waals surface area contributed by atoms with Gasteiger partial charge in [0.2, 0.25) is 17.7 Å². The van der Waals surface area contributed by atoms with E-state index in [1.165, 1.54) is 24.2 Å². The van der Waals surface area contributed by atoms with Crippen LogP contribution >= 0.6 is 34.8 Å². The highest BCUT2D eigenvalue weighted by Gasteiger charge is 2.40. The van der Waals surface area contributed by atoms with Gasteiger partial charge in [0.05, 0.1) is 49.8 Å². The van der Waals surface area contributed by atoms with Gasteiger partial charge in [0.15, 0.2) is 12.4 Å². The molecular formula is C75H89Cl3N4O14. The summed E-state index contributed by atoms with van der Waals surface area (Å²) in [6, 6.07) is 37.8. The summed E-state index contributed by atoms with van der Waals surface area (Å²) in [5, 5.41) is 1.78.